The molecule has 1 aliphatic heterocycles. The molecule has 1 N–H and O–H groups in total. The number of carbonyl (C=O) groups is 1. The van der Waals surface area contributed by atoms with Crippen LogP contribution >= 0.6 is 23.2 Å². The number of hydrogen-bond donors (Lipinski definition) is 1. The van der Waals surface area contributed by atoms with Crippen LogP contribution in [0.2, 0.25) is 10.3 Å². The van der Waals surface area contributed by atoms with Crippen molar-refractivity contribution < 1.29 is 13.9 Å². The van der Waals surface area contributed by atoms with E-state index in [-0.39, 0.29) is 17.5 Å². The summed E-state index contributed by atoms with van der Waals surface area (Å²) < 4.78 is 23.0. The Labute approximate surface area is 192 Å². The molecule has 1 aliphatic rings. The number of aryl methyl sites for hydroxylation is 1. The first-order valence-electron chi connectivity index (χ1n) is 9.74. The molecule has 2 aromatic heterocycles. The van der Waals surface area contributed by atoms with E-state index >= 15 is 0 Å². The van der Waals surface area contributed by atoms with Crippen LogP contribution < -0.4 is 5.32 Å². The maximum Gasteiger partial charge on any atom is 0.360 e. The molecule has 3 heterocycles. The number of carbonyl (C=O) groups excluding carboxylic acids is 1. The molecular weight excluding hydrogens is 456 g/mol. The Morgan fingerprint density at radius 3 is 2.66 bits per heavy atom. The van der Waals surface area contributed by atoms with Gasteiger partial charge >= 0.3 is 5.97 Å². The minimum absolute atomic E-state index is 0.0499. The second-order valence-electron chi connectivity index (χ2n) is 7.14. The molecule has 0 amide bonds. The lowest BCUT2D eigenvalue weighted by atomic mass is 10.1. The lowest BCUT2D eigenvalue weighted by molar-refractivity contribution is 0.0520. The number of nitrogens with zero attached hydrogens (tertiary/aromatic N) is 4. The van der Waals surface area contributed by atoms with Gasteiger partial charge in [-0.3, -0.25) is 9.25 Å². The average Bonchev–Trinajstić information content (AvgIpc) is 3.49. The van der Waals surface area contributed by atoms with Gasteiger partial charge in [0.25, 0.3) is 0 Å². The van der Waals surface area contributed by atoms with Crippen molar-refractivity contribution >= 4 is 45.8 Å². The number of esters is 1. The third-order valence-corrected chi connectivity index (χ3v) is 5.89. The number of rotatable bonds is 5. The van der Waals surface area contributed by atoms with Crippen LogP contribution in [0.15, 0.2) is 42.6 Å². The van der Waals surface area contributed by atoms with E-state index in [0.29, 0.717) is 38.7 Å². The quantitative estimate of drug-likeness (QED) is 0.416. The Hall–Kier alpha value is -3.36. The third-order valence-electron chi connectivity index (χ3n) is 5.10. The SMILES string of the molecule is CCOC(=O)c1nc(-c2ccc(C3=CN3)c(F)c2)n(-c2ccc3nn(C)c(Cl)c3c2)c1Cl. The Morgan fingerprint density at radius 2 is 1.97 bits per heavy atom. The second-order valence-corrected chi connectivity index (χ2v) is 7.86. The molecule has 5 rings (SSSR count). The summed E-state index contributed by atoms with van der Waals surface area (Å²) in [6, 6.07) is 10.1. The van der Waals surface area contributed by atoms with Crippen LogP contribution in [0.1, 0.15) is 23.0 Å². The summed E-state index contributed by atoms with van der Waals surface area (Å²) in [6.45, 7) is 1.86. The van der Waals surface area contributed by atoms with E-state index in [1.165, 1.54) is 6.07 Å². The first-order chi connectivity index (χ1) is 15.4. The molecule has 0 radical (unpaired) electrons. The fraction of sp³-hybridized carbons (Fsp3) is 0.136. The number of ether oxygens (including phenoxy) is 1. The zero-order chi connectivity index (χ0) is 22.6. The van der Waals surface area contributed by atoms with Crippen molar-refractivity contribution in [1.29, 1.82) is 0 Å². The Kier molecular flexibility index (Phi) is 4.91. The largest absolute Gasteiger partial charge is 0.461 e. The van der Waals surface area contributed by atoms with Gasteiger partial charge in [-0.2, -0.15) is 5.10 Å². The van der Waals surface area contributed by atoms with E-state index in [1.54, 1.807) is 59.8 Å². The third kappa shape index (κ3) is 3.32. The van der Waals surface area contributed by atoms with Gasteiger partial charge in [-0.25, -0.2) is 14.2 Å². The molecule has 0 unspecified atom stereocenters. The van der Waals surface area contributed by atoms with Gasteiger partial charge in [-0.05, 0) is 37.3 Å². The molecule has 0 fully saturated rings. The minimum Gasteiger partial charge on any atom is -0.461 e. The van der Waals surface area contributed by atoms with Crippen molar-refractivity contribution in [3.8, 4) is 17.1 Å². The van der Waals surface area contributed by atoms with Crippen LogP contribution in [0.25, 0.3) is 33.7 Å². The molecule has 0 spiro atoms. The smallest absolute Gasteiger partial charge is 0.360 e. The Morgan fingerprint density at radius 1 is 1.19 bits per heavy atom. The van der Waals surface area contributed by atoms with Gasteiger partial charge in [0.2, 0.25) is 0 Å². The zero-order valence-electron chi connectivity index (χ0n) is 17.0. The first kappa shape index (κ1) is 20.5. The molecule has 0 bridgehead atoms. The molecule has 10 heteroatoms. The number of nitrogens with one attached hydrogen (secondary N) is 1. The fourth-order valence-corrected chi connectivity index (χ4v) is 4.01. The number of benzene rings is 2. The van der Waals surface area contributed by atoms with Crippen LogP contribution in [0.4, 0.5) is 4.39 Å². The van der Waals surface area contributed by atoms with E-state index in [0.717, 1.165) is 5.70 Å². The highest BCUT2D eigenvalue weighted by molar-refractivity contribution is 6.34. The number of halogens is 3. The number of fused-ring (bicyclic) bond motifs is 1. The lowest BCUT2D eigenvalue weighted by Gasteiger charge is -2.10. The number of imidazole rings is 1. The normalized spacial score (nSPS) is 12.6. The van der Waals surface area contributed by atoms with Crippen LogP contribution in [-0.4, -0.2) is 31.9 Å². The highest BCUT2D eigenvalue weighted by Gasteiger charge is 2.26. The predicted molar refractivity (Wildman–Crippen MR) is 120 cm³/mol. The Bertz CT molecular complexity index is 1440. The summed E-state index contributed by atoms with van der Waals surface area (Å²) in [4.78, 5) is 16.9. The molecular formula is C22H16Cl2FN5O2. The molecule has 0 saturated heterocycles. The predicted octanol–water partition coefficient (Wildman–Crippen LogP) is 4.95. The van der Waals surface area contributed by atoms with Gasteiger partial charge in [-0.1, -0.05) is 29.3 Å². The van der Waals surface area contributed by atoms with Gasteiger partial charge in [-0.15, -0.1) is 0 Å². The maximum atomic E-state index is 14.7. The zero-order valence-corrected chi connectivity index (χ0v) is 18.5. The van der Waals surface area contributed by atoms with Gasteiger partial charge in [0.05, 0.1) is 17.8 Å². The summed E-state index contributed by atoms with van der Waals surface area (Å²) in [5, 5.41) is 8.43. The molecule has 2 aromatic carbocycles. The molecule has 162 valence electrons. The summed E-state index contributed by atoms with van der Waals surface area (Å²) in [6.07, 6.45) is 1.71. The number of aromatic nitrogens is 4. The average molecular weight is 472 g/mol. The molecule has 0 saturated carbocycles. The minimum atomic E-state index is -0.664. The summed E-state index contributed by atoms with van der Waals surface area (Å²) in [7, 11) is 1.74. The highest BCUT2D eigenvalue weighted by atomic mass is 35.5. The Balaban J connectivity index is 1.72. The van der Waals surface area contributed by atoms with Crippen molar-refractivity contribution in [3.05, 3.63) is 70.0 Å². The van der Waals surface area contributed by atoms with Gasteiger partial charge in [0, 0.05) is 35.4 Å². The van der Waals surface area contributed by atoms with E-state index in [2.05, 4.69) is 15.4 Å². The van der Waals surface area contributed by atoms with Crippen molar-refractivity contribution in [3.63, 3.8) is 0 Å². The van der Waals surface area contributed by atoms with Crippen LogP contribution in [0, 0.1) is 5.82 Å². The number of hydrogen-bond acceptors (Lipinski definition) is 5. The van der Waals surface area contributed by atoms with Crippen LogP contribution in [0.5, 0.6) is 0 Å². The maximum absolute atomic E-state index is 14.7. The van der Waals surface area contributed by atoms with Crippen LogP contribution in [-0.2, 0) is 11.8 Å². The van der Waals surface area contributed by atoms with E-state index < -0.39 is 11.8 Å². The first-order valence-corrected chi connectivity index (χ1v) is 10.5. The van der Waals surface area contributed by atoms with E-state index in [1.807, 2.05) is 0 Å². The topological polar surface area (TPSA) is 83.9 Å². The van der Waals surface area contributed by atoms with Gasteiger partial charge in [0.1, 0.15) is 21.9 Å². The lowest BCUT2D eigenvalue weighted by Crippen LogP contribution is -2.06. The van der Waals surface area contributed by atoms with E-state index in [4.69, 9.17) is 27.9 Å². The molecule has 4 aromatic rings. The standard InChI is InChI=1S/C22H16Cl2FN5O2/c1-3-32-22(31)18-20(24)30(12-5-7-16-14(9-12)19(23)29(2)28-16)21(27-18)11-4-6-13(15(25)8-11)17-10-26-17/h4-10,26H,3H2,1-2H3. The van der Waals surface area contributed by atoms with Crippen molar-refractivity contribution in [2.45, 2.75) is 6.92 Å². The van der Waals surface area contributed by atoms with Crippen molar-refractivity contribution in [2.24, 2.45) is 7.05 Å². The second kappa shape index (κ2) is 7.65. The molecule has 0 aliphatic carbocycles. The summed E-state index contributed by atoms with van der Waals surface area (Å²) in [5.74, 6) is -0.795. The summed E-state index contributed by atoms with van der Waals surface area (Å²) in [5.41, 5.74) is 2.85. The molecule has 7 nitrogen and oxygen atoms in total. The monoisotopic (exact) mass is 471 g/mol. The fourth-order valence-electron chi connectivity index (χ4n) is 3.52. The summed E-state index contributed by atoms with van der Waals surface area (Å²) >= 11 is 13.0. The van der Waals surface area contributed by atoms with Gasteiger partial charge in [0.15, 0.2) is 5.69 Å². The van der Waals surface area contributed by atoms with E-state index in [9.17, 15) is 9.18 Å². The van der Waals surface area contributed by atoms with Crippen molar-refractivity contribution in [1.82, 2.24) is 24.6 Å². The van der Waals surface area contributed by atoms with Gasteiger partial charge < -0.3 is 10.1 Å². The van der Waals surface area contributed by atoms with Crippen molar-refractivity contribution in [2.75, 3.05) is 6.61 Å². The highest BCUT2D eigenvalue weighted by Crippen LogP contribution is 2.34. The van der Waals surface area contributed by atoms with Crippen LogP contribution in [0.3, 0.4) is 0 Å². The molecule has 32 heavy (non-hydrogen) atoms. The molecule has 0 atom stereocenters.